The highest BCUT2D eigenvalue weighted by atomic mass is 127. The van der Waals surface area contributed by atoms with E-state index in [0.717, 1.165) is 31.7 Å². The van der Waals surface area contributed by atoms with E-state index in [9.17, 15) is 0 Å². The van der Waals surface area contributed by atoms with Gasteiger partial charge in [0, 0.05) is 36.9 Å². The van der Waals surface area contributed by atoms with Crippen LogP contribution in [0.2, 0.25) is 0 Å². The average Bonchev–Trinajstić information content (AvgIpc) is 2.88. The number of guanidine groups is 1. The quantitative estimate of drug-likeness (QED) is 0.462. The van der Waals surface area contributed by atoms with Crippen molar-refractivity contribution in [1.29, 1.82) is 0 Å². The minimum atomic E-state index is 0. The summed E-state index contributed by atoms with van der Waals surface area (Å²) in [5.41, 5.74) is 7.32. The second-order valence-corrected chi connectivity index (χ2v) is 7.29. The number of hydrogen-bond acceptors (Lipinski definition) is 3. The number of piperidine rings is 1. The lowest BCUT2D eigenvalue weighted by Crippen LogP contribution is -2.41. The smallest absolute Gasteiger partial charge is 0.191 e. The number of rotatable bonds is 3. The van der Waals surface area contributed by atoms with Gasteiger partial charge in [0.15, 0.2) is 5.96 Å². The molecule has 120 valence electrons. The van der Waals surface area contributed by atoms with Crippen LogP contribution < -0.4 is 5.73 Å². The van der Waals surface area contributed by atoms with Crippen LogP contribution >= 0.6 is 35.3 Å². The maximum absolute atomic E-state index is 6.05. The summed E-state index contributed by atoms with van der Waals surface area (Å²) in [5, 5.41) is 3.34. The standard InChI is InChI=1S/C15H26N4S.HI/c1-15(2,3)13-18-12(11-20-13)7-8-17-14(16)19-9-5-4-6-10-19;/h11H,4-10H2,1-3H3,(H2,16,17);1H. The number of nitrogens with two attached hydrogens (primary N) is 1. The van der Waals surface area contributed by atoms with Gasteiger partial charge in [-0.2, -0.15) is 0 Å². The molecule has 0 saturated carbocycles. The predicted molar refractivity (Wildman–Crippen MR) is 102 cm³/mol. The number of hydrogen-bond donors (Lipinski definition) is 1. The fourth-order valence-corrected chi connectivity index (χ4v) is 3.22. The van der Waals surface area contributed by atoms with Gasteiger partial charge in [0.1, 0.15) is 0 Å². The Kier molecular flexibility index (Phi) is 7.39. The highest BCUT2D eigenvalue weighted by Gasteiger charge is 2.17. The number of nitrogens with zero attached hydrogens (tertiary/aromatic N) is 3. The van der Waals surface area contributed by atoms with E-state index in [1.807, 2.05) is 0 Å². The second-order valence-electron chi connectivity index (χ2n) is 6.43. The van der Waals surface area contributed by atoms with E-state index in [1.165, 1.54) is 24.3 Å². The fourth-order valence-electron chi connectivity index (χ4n) is 2.27. The molecular formula is C15H27IN4S. The molecule has 21 heavy (non-hydrogen) atoms. The largest absolute Gasteiger partial charge is 0.370 e. The lowest BCUT2D eigenvalue weighted by Gasteiger charge is -2.27. The Morgan fingerprint density at radius 3 is 2.57 bits per heavy atom. The van der Waals surface area contributed by atoms with E-state index in [0.29, 0.717) is 5.96 Å². The first-order valence-corrected chi connectivity index (χ1v) is 8.34. The van der Waals surface area contributed by atoms with Crippen molar-refractivity contribution in [2.24, 2.45) is 10.7 Å². The summed E-state index contributed by atoms with van der Waals surface area (Å²) < 4.78 is 0. The molecule has 0 aliphatic carbocycles. The Labute approximate surface area is 149 Å². The molecule has 1 aliphatic heterocycles. The van der Waals surface area contributed by atoms with Crippen molar-refractivity contribution in [3.8, 4) is 0 Å². The molecule has 1 aromatic heterocycles. The summed E-state index contributed by atoms with van der Waals surface area (Å²) in [7, 11) is 0. The van der Waals surface area contributed by atoms with Crippen molar-refractivity contribution >= 4 is 41.3 Å². The van der Waals surface area contributed by atoms with Gasteiger partial charge in [-0.3, -0.25) is 4.99 Å². The summed E-state index contributed by atoms with van der Waals surface area (Å²) in [6.07, 6.45) is 4.66. The van der Waals surface area contributed by atoms with E-state index in [-0.39, 0.29) is 29.4 Å². The van der Waals surface area contributed by atoms with E-state index in [4.69, 9.17) is 5.73 Å². The summed E-state index contributed by atoms with van der Waals surface area (Å²) in [6.45, 7) is 9.43. The van der Waals surface area contributed by atoms with Gasteiger partial charge < -0.3 is 10.6 Å². The van der Waals surface area contributed by atoms with Crippen LogP contribution in [0.3, 0.4) is 0 Å². The summed E-state index contributed by atoms with van der Waals surface area (Å²) in [5.74, 6) is 0.705. The normalized spacial score (nSPS) is 16.7. The van der Waals surface area contributed by atoms with Crippen molar-refractivity contribution in [3.05, 3.63) is 16.1 Å². The van der Waals surface area contributed by atoms with Gasteiger partial charge in [0.05, 0.1) is 10.7 Å². The molecule has 4 nitrogen and oxygen atoms in total. The molecule has 1 aromatic rings. The first-order chi connectivity index (χ1) is 9.47. The predicted octanol–water partition coefficient (Wildman–Crippen LogP) is 3.40. The molecule has 2 N–H and O–H groups in total. The average molecular weight is 422 g/mol. The number of halogens is 1. The number of likely N-dealkylation sites (tertiary alicyclic amines) is 1. The molecule has 0 atom stereocenters. The number of aliphatic imine (C=N–C) groups is 1. The van der Waals surface area contributed by atoms with Crippen molar-refractivity contribution in [2.75, 3.05) is 19.6 Å². The van der Waals surface area contributed by atoms with Crippen LogP contribution in [0.4, 0.5) is 0 Å². The Morgan fingerprint density at radius 2 is 2.00 bits per heavy atom. The third-order valence-corrected chi connectivity index (χ3v) is 4.83. The molecule has 0 aromatic carbocycles. The van der Waals surface area contributed by atoms with Gasteiger partial charge in [-0.05, 0) is 19.3 Å². The van der Waals surface area contributed by atoms with Crippen LogP contribution in [0.1, 0.15) is 50.7 Å². The van der Waals surface area contributed by atoms with Crippen LogP contribution in [-0.2, 0) is 11.8 Å². The lowest BCUT2D eigenvalue weighted by molar-refractivity contribution is 0.338. The first-order valence-electron chi connectivity index (χ1n) is 7.46. The molecule has 2 heterocycles. The minimum absolute atomic E-state index is 0. The molecule has 0 unspecified atom stereocenters. The van der Waals surface area contributed by atoms with E-state index >= 15 is 0 Å². The van der Waals surface area contributed by atoms with Crippen LogP contribution in [0.5, 0.6) is 0 Å². The van der Waals surface area contributed by atoms with Crippen molar-refractivity contribution < 1.29 is 0 Å². The van der Waals surface area contributed by atoms with Crippen LogP contribution in [0.25, 0.3) is 0 Å². The summed E-state index contributed by atoms with van der Waals surface area (Å²) in [6, 6.07) is 0. The summed E-state index contributed by atoms with van der Waals surface area (Å²) in [4.78, 5) is 11.4. The Hall–Kier alpha value is -0.370. The molecule has 0 radical (unpaired) electrons. The Balaban J connectivity index is 0.00000220. The molecule has 0 amide bonds. The van der Waals surface area contributed by atoms with Crippen LogP contribution in [0.15, 0.2) is 10.4 Å². The molecule has 0 spiro atoms. The summed E-state index contributed by atoms with van der Waals surface area (Å²) >= 11 is 1.74. The molecule has 1 fully saturated rings. The maximum Gasteiger partial charge on any atom is 0.191 e. The highest BCUT2D eigenvalue weighted by Crippen LogP contribution is 2.25. The number of aromatic nitrogens is 1. The molecule has 6 heteroatoms. The third-order valence-electron chi connectivity index (χ3n) is 3.52. The van der Waals surface area contributed by atoms with Gasteiger partial charge in [0.2, 0.25) is 0 Å². The fraction of sp³-hybridized carbons (Fsp3) is 0.733. The Morgan fingerprint density at radius 1 is 1.33 bits per heavy atom. The van der Waals surface area contributed by atoms with Crippen molar-refractivity contribution in [3.63, 3.8) is 0 Å². The van der Waals surface area contributed by atoms with Gasteiger partial charge in [-0.15, -0.1) is 35.3 Å². The van der Waals surface area contributed by atoms with Crippen molar-refractivity contribution in [1.82, 2.24) is 9.88 Å². The molecular weight excluding hydrogens is 395 g/mol. The maximum atomic E-state index is 6.05. The second kappa shape index (κ2) is 8.31. The van der Waals surface area contributed by atoms with Crippen molar-refractivity contribution in [2.45, 2.75) is 51.9 Å². The molecule has 2 rings (SSSR count). The molecule has 0 bridgehead atoms. The first kappa shape index (κ1) is 18.7. The lowest BCUT2D eigenvalue weighted by atomic mass is 9.98. The van der Waals surface area contributed by atoms with E-state index < -0.39 is 0 Å². The monoisotopic (exact) mass is 422 g/mol. The zero-order valence-corrected chi connectivity index (χ0v) is 16.4. The van der Waals surface area contributed by atoms with E-state index in [1.54, 1.807) is 11.3 Å². The third kappa shape index (κ3) is 5.73. The van der Waals surface area contributed by atoms with E-state index in [2.05, 4.69) is 41.0 Å². The molecule has 1 aliphatic rings. The van der Waals surface area contributed by atoms with Crippen LogP contribution in [-0.4, -0.2) is 35.5 Å². The van der Waals surface area contributed by atoms with Gasteiger partial charge in [0.25, 0.3) is 0 Å². The van der Waals surface area contributed by atoms with Gasteiger partial charge in [-0.25, -0.2) is 4.98 Å². The van der Waals surface area contributed by atoms with Gasteiger partial charge in [-0.1, -0.05) is 20.8 Å². The SMILES string of the molecule is CC(C)(C)c1nc(CCN=C(N)N2CCCCC2)cs1.I. The minimum Gasteiger partial charge on any atom is -0.370 e. The number of thiazole rings is 1. The topological polar surface area (TPSA) is 54.5 Å². The highest BCUT2D eigenvalue weighted by molar-refractivity contribution is 14.0. The Bertz CT molecular complexity index is 458. The zero-order valence-electron chi connectivity index (χ0n) is 13.3. The molecule has 1 saturated heterocycles. The van der Waals surface area contributed by atoms with Crippen LogP contribution in [0, 0.1) is 0 Å². The zero-order chi connectivity index (χ0) is 14.6. The van der Waals surface area contributed by atoms with Gasteiger partial charge >= 0.3 is 0 Å².